The predicted molar refractivity (Wildman–Crippen MR) is 115 cm³/mol. The highest BCUT2D eigenvalue weighted by molar-refractivity contribution is 6.37. The first-order chi connectivity index (χ1) is 12.5. The van der Waals surface area contributed by atoms with Gasteiger partial charge in [0.15, 0.2) is 0 Å². The van der Waals surface area contributed by atoms with Crippen LogP contribution in [0.3, 0.4) is 0 Å². The molecule has 3 aromatic rings. The van der Waals surface area contributed by atoms with Gasteiger partial charge < -0.3 is 4.90 Å². The number of anilines is 3. The average molecular weight is 384 g/mol. The third kappa shape index (κ3) is 3.90. The summed E-state index contributed by atoms with van der Waals surface area (Å²) in [7, 11) is 0. The summed E-state index contributed by atoms with van der Waals surface area (Å²) in [5.41, 5.74) is 6.80. The smallest absolute Gasteiger partial charge is 0.0678 e. The fraction of sp³-hybridized carbons (Fsp3) is 0.217. The van der Waals surface area contributed by atoms with Crippen molar-refractivity contribution in [3.8, 4) is 0 Å². The molecule has 0 unspecified atom stereocenters. The molecule has 0 bridgehead atoms. The van der Waals surface area contributed by atoms with Crippen LogP contribution in [0.15, 0.2) is 60.7 Å². The minimum absolute atomic E-state index is 0.647. The molecule has 134 valence electrons. The lowest BCUT2D eigenvalue weighted by molar-refractivity contribution is 1.13. The van der Waals surface area contributed by atoms with Crippen molar-refractivity contribution in [2.45, 2.75) is 33.6 Å². The number of halogens is 2. The Hall–Kier alpha value is -1.96. The number of aryl methyl sites for hydroxylation is 3. The number of hydrogen-bond acceptors (Lipinski definition) is 1. The van der Waals surface area contributed by atoms with Gasteiger partial charge in [0.1, 0.15) is 0 Å². The van der Waals surface area contributed by atoms with Gasteiger partial charge in [0, 0.05) is 16.4 Å². The molecule has 3 heteroatoms. The van der Waals surface area contributed by atoms with Crippen molar-refractivity contribution in [3.05, 3.63) is 87.4 Å². The average Bonchev–Trinajstić information content (AvgIpc) is 2.65. The van der Waals surface area contributed by atoms with Crippen molar-refractivity contribution in [1.82, 2.24) is 0 Å². The molecule has 3 aromatic carbocycles. The highest BCUT2D eigenvalue weighted by Crippen LogP contribution is 2.42. The van der Waals surface area contributed by atoms with Crippen molar-refractivity contribution >= 4 is 40.3 Å². The number of benzene rings is 3. The van der Waals surface area contributed by atoms with Gasteiger partial charge in [0.05, 0.1) is 10.7 Å². The Kier molecular flexibility index (Phi) is 5.90. The van der Waals surface area contributed by atoms with Crippen molar-refractivity contribution in [2.75, 3.05) is 4.90 Å². The van der Waals surface area contributed by atoms with Crippen LogP contribution in [0.4, 0.5) is 17.1 Å². The Morgan fingerprint density at radius 2 is 1.19 bits per heavy atom. The quantitative estimate of drug-likeness (QED) is 0.432. The van der Waals surface area contributed by atoms with Crippen LogP contribution in [-0.2, 0) is 12.8 Å². The maximum atomic E-state index is 6.62. The van der Waals surface area contributed by atoms with Gasteiger partial charge in [0.2, 0.25) is 0 Å². The maximum Gasteiger partial charge on any atom is 0.0678 e. The van der Waals surface area contributed by atoms with Gasteiger partial charge >= 0.3 is 0 Å². The van der Waals surface area contributed by atoms with Gasteiger partial charge in [-0.2, -0.15) is 0 Å². The molecule has 0 spiro atoms. The Bertz CT molecular complexity index is 813. The Morgan fingerprint density at radius 3 is 1.58 bits per heavy atom. The Morgan fingerprint density at radius 1 is 0.731 bits per heavy atom. The normalized spacial score (nSPS) is 10.8. The molecule has 0 radical (unpaired) electrons. The van der Waals surface area contributed by atoms with Crippen molar-refractivity contribution in [1.29, 1.82) is 0 Å². The SMILES string of the molecule is CCc1ccc(N(c2ccc(CC)cc2)c2c(C)cc(Cl)cc2Cl)cc1. The zero-order chi connectivity index (χ0) is 18.7. The zero-order valence-corrected chi connectivity index (χ0v) is 16.9. The Labute approximate surface area is 166 Å². The topological polar surface area (TPSA) is 3.24 Å². The highest BCUT2D eigenvalue weighted by Gasteiger charge is 2.18. The number of hydrogen-bond donors (Lipinski definition) is 0. The van der Waals surface area contributed by atoms with Crippen LogP contribution < -0.4 is 4.90 Å². The van der Waals surface area contributed by atoms with E-state index in [0.717, 1.165) is 35.5 Å². The van der Waals surface area contributed by atoms with Crippen molar-refractivity contribution < 1.29 is 0 Å². The van der Waals surface area contributed by atoms with Gasteiger partial charge in [0.25, 0.3) is 0 Å². The summed E-state index contributed by atoms with van der Waals surface area (Å²) >= 11 is 12.8. The highest BCUT2D eigenvalue weighted by atomic mass is 35.5. The molecule has 0 aliphatic rings. The molecular weight excluding hydrogens is 361 g/mol. The first kappa shape index (κ1) is 18.8. The largest absolute Gasteiger partial charge is 0.309 e. The summed E-state index contributed by atoms with van der Waals surface area (Å²) in [4.78, 5) is 2.20. The van der Waals surface area contributed by atoms with E-state index in [9.17, 15) is 0 Å². The lowest BCUT2D eigenvalue weighted by atomic mass is 10.1. The lowest BCUT2D eigenvalue weighted by Gasteiger charge is -2.28. The van der Waals surface area contributed by atoms with Gasteiger partial charge in [-0.1, -0.05) is 61.3 Å². The third-order valence-electron chi connectivity index (χ3n) is 4.65. The zero-order valence-electron chi connectivity index (χ0n) is 15.4. The van der Waals surface area contributed by atoms with Gasteiger partial charge in [-0.05, 0) is 72.9 Å². The van der Waals surface area contributed by atoms with E-state index < -0.39 is 0 Å². The summed E-state index contributed by atoms with van der Waals surface area (Å²) in [5, 5.41) is 1.30. The molecule has 0 N–H and O–H groups in total. The molecule has 0 saturated heterocycles. The fourth-order valence-electron chi connectivity index (χ4n) is 3.15. The lowest BCUT2D eigenvalue weighted by Crippen LogP contribution is -2.12. The molecule has 0 aliphatic carbocycles. The second-order valence-corrected chi connectivity index (χ2v) is 7.27. The molecule has 3 rings (SSSR count). The van der Waals surface area contributed by atoms with Gasteiger partial charge in [-0.15, -0.1) is 0 Å². The van der Waals surface area contributed by atoms with E-state index in [2.05, 4.69) is 67.3 Å². The molecule has 1 nitrogen and oxygen atoms in total. The molecule has 26 heavy (non-hydrogen) atoms. The van der Waals surface area contributed by atoms with E-state index in [-0.39, 0.29) is 0 Å². The number of rotatable bonds is 5. The minimum atomic E-state index is 0.647. The molecule has 0 aliphatic heterocycles. The van der Waals surface area contributed by atoms with E-state index in [4.69, 9.17) is 23.2 Å². The van der Waals surface area contributed by atoms with Crippen LogP contribution in [0.2, 0.25) is 10.0 Å². The van der Waals surface area contributed by atoms with Crippen LogP contribution in [-0.4, -0.2) is 0 Å². The summed E-state index contributed by atoms with van der Waals surface area (Å²) < 4.78 is 0. The monoisotopic (exact) mass is 383 g/mol. The van der Waals surface area contributed by atoms with Gasteiger partial charge in [-0.25, -0.2) is 0 Å². The van der Waals surface area contributed by atoms with E-state index >= 15 is 0 Å². The van der Waals surface area contributed by atoms with E-state index in [1.54, 1.807) is 6.07 Å². The standard InChI is InChI=1S/C23H23Cl2N/c1-4-17-6-10-20(11-7-17)26(21-12-8-18(5-2)9-13-21)23-16(3)14-19(24)15-22(23)25/h6-15H,4-5H2,1-3H3. The first-order valence-corrected chi connectivity index (χ1v) is 9.72. The molecule has 0 saturated carbocycles. The second-order valence-electron chi connectivity index (χ2n) is 6.43. The van der Waals surface area contributed by atoms with Crippen LogP contribution in [0.5, 0.6) is 0 Å². The summed E-state index contributed by atoms with van der Waals surface area (Å²) in [6.45, 7) is 6.37. The van der Waals surface area contributed by atoms with Crippen LogP contribution >= 0.6 is 23.2 Å². The van der Waals surface area contributed by atoms with E-state index in [0.29, 0.717) is 10.0 Å². The maximum absolute atomic E-state index is 6.62. The summed E-state index contributed by atoms with van der Waals surface area (Å²) in [6, 6.07) is 21.0. The van der Waals surface area contributed by atoms with Crippen LogP contribution in [0.1, 0.15) is 30.5 Å². The molecule has 0 fully saturated rings. The number of nitrogens with zero attached hydrogens (tertiary/aromatic N) is 1. The summed E-state index contributed by atoms with van der Waals surface area (Å²) in [5.74, 6) is 0. The van der Waals surface area contributed by atoms with Crippen LogP contribution in [0, 0.1) is 6.92 Å². The van der Waals surface area contributed by atoms with E-state index in [1.165, 1.54) is 11.1 Å². The second kappa shape index (κ2) is 8.16. The predicted octanol–water partition coefficient (Wildman–Crippen LogP) is 7.90. The third-order valence-corrected chi connectivity index (χ3v) is 5.15. The Balaban J connectivity index is 2.18. The summed E-state index contributed by atoms with van der Waals surface area (Å²) in [6.07, 6.45) is 2.04. The molecule has 0 heterocycles. The van der Waals surface area contributed by atoms with Crippen molar-refractivity contribution in [3.63, 3.8) is 0 Å². The van der Waals surface area contributed by atoms with Crippen LogP contribution in [0.25, 0.3) is 0 Å². The molecule has 0 aromatic heterocycles. The minimum Gasteiger partial charge on any atom is -0.309 e. The fourth-order valence-corrected chi connectivity index (χ4v) is 3.83. The molecular formula is C23H23Cl2N. The first-order valence-electron chi connectivity index (χ1n) is 8.97. The van der Waals surface area contributed by atoms with Crippen molar-refractivity contribution in [2.24, 2.45) is 0 Å². The molecule has 0 atom stereocenters. The molecule has 0 amide bonds. The van der Waals surface area contributed by atoms with Gasteiger partial charge in [-0.3, -0.25) is 0 Å². The van der Waals surface area contributed by atoms with E-state index in [1.807, 2.05) is 13.0 Å².